The minimum Gasteiger partial charge on any atom is -0.309 e. The smallest absolute Gasteiger partial charge is 0.309 e. The number of benzene rings is 1. The van der Waals surface area contributed by atoms with Gasteiger partial charge in [0.2, 0.25) is 0 Å². The van der Waals surface area contributed by atoms with Gasteiger partial charge in [-0.25, -0.2) is 4.68 Å². The van der Waals surface area contributed by atoms with Gasteiger partial charge in [-0.2, -0.15) is 18.3 Å². The first kappa shape index (κ1) is 17.7. The molecule has 3 aromatic rings. The zero-order valence-electron chi connectivity index (χ0n) is 14.7. The normalized spacial score (nSPS) is 17.1. The van der Waals surface area contributed by atoms with Gasteiger partial charge in [-0.1, -0.05) is 5.21 Å². The van der Waals surface area contributed by atoms with Crippen LogP contribution >= 0.6 is 0 Å². The van der Waals surface area contributed by atoms with Crippen LogP contribution < -0.4 is 5.32 Å². The molecule has 1 aromatic carbocycles. The highest BCUT2D eigenvalue weighted by atomic mass is 19.4. The Morgan fingerprint density at radius 3 is 2.74 bits per heavy atom. The van der Waals surface area contributed by atoms with Gasteiger partial charge in [-0.05, 0) is 37.1 Å². The largest absolute Gasteiger partial charge is 0.416 e. The molecule has 4 rings (SSSR count). The minimum atomic E-state index is -4.33. The summed E-state index contributed by atoms with van der Waals surface area (Å²) in [6.45, 7) is 0.640. The third-order valence-electron chi connectivity index (χ3n) is 4.88. The van der Waals surface area contributed by atoms with Gasteiger partial charge in [-0.15, -0.1) is 5.10 Å². The summed E-state index contributed by atoms with van der Waals surface area (Å²) in [5.41, 5.74) is 3.14. The van der Waals surface area contributed by atoms with Crippen LogP contribution in [-0.2, 0) is 32.6 Å². The third-order valence-corrected chi connectivity index (χ3v) is 4.88. The highest BCUT2D eigenvalue weighted by Crippen LogP contribution is 2.29. The van der Waals surface area contributed by atoms with Gasteiger partial charge < -0.3 is 5.32 Å². The lowest BCUT2D eigenvalue weighted by molar-refractivity contribution is -0.137. The molecule has 0 aliphatic heterocycles. The van der Waals surface area contributed by atoms with E-state index in [1.165, 1.54) is 17.8 Å². The highest BCUT2D eigenvalue weighted by molar-refractivity contribution is 5.35. The average molecular weight is 376 g/mol. The topological polar surface area (TPSA) is 60.6 Å². The molecule has 0 bridgehead atoms. The van der Waals surface area contributed by atoms with E-state index in [1.807, 2.05) is 17.9 Å². The van der Waals surface area contributed by atoms with Gasteiger partial charge in [-0.3, -0.25) is 4.68 Å². The van der Waals surface area contributed by atoms with Crippen molar-refractivity contribution in [1.82, 2.24) is 30.1 Å². The first-order valence-corrected chi connectivity index (χ1v) is 8.72. The van der Waals surface area contributed by atoms with Crippen LogP contribution in [0.25, 0.3) is 5.69 Å². The van der Waals surface area contributed by atoms with Crippen molar-refractivity contribution in [3.8, 4) is 5.69 Å². The minimum absolute atomic E-state index is 0.323. The standard InChI is InChI=1S/C18H19F3N6/c1-26-17-7-4-14(8-16(17)24-25-26)22-9-12-10-23-27(11-12)15-5-2-13(3-6-15)18(19,20)21/h2-3,5-6,10-11,14,22H,4,7-9H2,1H3. The Balaban J connectivity index is 1.37. The maximum absolute atomic E-state index is 12.7. The van der Waals surface area contributed by atoms with E-state index in [9.17, 15) is 13.2 Å². The molecule has 0 saturated heterocycles. The second-order valence-corrected chi connectivity index (χ2v) is 6.76. The molecule has 142 valence electrons. The van der Waals surface area contributed by atoms with E-state index in [-0.39, 0.29) is 0 Å². The molecule has 0 saturated carbocycles. The van der Waals surface area contributed by atoms with Crippen LogP contribution in [0.5, 0.6) is 0 Å². The van der Waals surface area contributed by atoms with Gasteiger partial charge >= 0.3 is 6.18 Å². The maximum Gasteiger partial charge on any atom is 0.416 e. The Kier molecular flexibility index (Phi) is 4.47. The van der Waals surface area contributed by atoms with Gasteiger partial charge in [0.1, 0.15) is 0 Å². The molecule has 0 fully saturated rings. The second-order valence-electron chi connectivity index (χ2n) is 6.76. The van der Waals surface area contributed by atoms with Crippen LogP contribution in [0.3, 0.4) is 0 Å². The van der Waals surface area contributed by atoms with Gasteiger partial charge in [0, 0.05) is 37.8 Å². The summed E-state index contributed by atoms with van der Waals surface area (Å²) in [5, 5.41) is 16.0. The summed E-state index contributed by atoms with van der Waals surface area (Å²) in [6.07, 6.45) is 2.02. The summed E-state index contributed by atoms with van der Waals surface area (Å²) in [7, 11) is 1.91. The molecule has 1 unspecified atom stereocenters. The number of hydrogen-bond acceptors (Lipinski definition) is 4. The number of alkyl halides is 3. The van der Waals surface area contributed by atoms with E-state index >= 15 is 0 Å². The maximum atomic E-state index is 12.7. The number of halogens is 3. The van der Waals surface area contributed by atoms with Crippen LogP contribution in [-0.4, -0.2) is 30.8 Å². The molecule has 6 nitrogen and oxygen atoms in total. The molecule has 1 aliphatic carbocycles. The molecule has 2 aromatic heterocycles. The second kappa shape index (κ2) is 6.80. The first-order valence-electron chi connectivity index (χ1n) is 8.72. The number of hydrogen-bond donors (Lipinski definition) is 1. The molecule has 0 spiro atoms. The van der Waals surface area contributed by atoms with E-state index < -0.39 is 11.7 Å². The van der Waals surface area contributed by atoms with E-state index in [1.54, 1.807) is 10.9 Å². The highest BCUT2D eigenvalue weighted by Gasteiger charge is 2.30. The number of fused-ring (bicyclic) bond motifs is 1. The van der Waals surface area contributed by atoms with Crippen molar-refractivity contribution < 1.29 is 13.2 Å². The van der Waals surface area contributed by atoms with Crippen molar-refractivity contribution in [3.63, 3.8) is 0 Å². The lowest BCUT2D eigenvalue weighted by atomic mass is 9.96. The Bertz CT molecular complexity index is 925. The fourth-order valence-electron chi connectivity index (χ4n) is 3.36. The molecule has 9 heteroatoms. The zero-order valence-corrected chi connectivity index (χ0v) is 14.7. The zero-order chi connectivity index (χ0) is 19.0. The van der Waals surface area contributed by atoms with Crippen molar-refractivity contribution in [3.05, 3.63) is 59.2 Å². The Labute approximate surface area is 154 Å². The predicted octanol–water partition coefficient (Wildman–Crippen LogP) is 2.67. The molecule has 0 radical (unpaired) electrons. The van der Waals surface area contributed by atoms with E-state index in [4.69, 9.17) is 0 Å². The Hall–Kier alpha value is -2.68. The van der Waals surface area contributed by atoms with Crippen LogP contribution in [0.4, 0.5) is 13.2 Å². The fraction of sp³-hybridized carbons (Fsp3) is 0.389. The number of rotatable bonds is 4. The summed E-state index contributed by atoms with van der Waals surface area (Å²) in [6, 6.07) is 5.29. The molecular formula is C18H19F3N6. The summed E-state index contributed by atoms with van der Waals surface area (Å²) >= 11 is 0. The predicted molar refractivity (Wildman–Crippen MR) is 92.2 cm³/mol. The Morgan fingerprint density at radius 2 is 2.00 bits per heavy atom. The number of nitrogens with zero attached hydrogens (tertiary/aromatic N) is 5. The fourth-order valence-corrected chi connectivity index (χ4v) is 3.36. The van der Waals surface area contributed by atoms with Crippen molar-refractivity contribution in [2.45, 2.75) is 38.0 Å². The van der Waals surface area contributed by atoms with Crippen molar-refractivity contribution >= 4 is 0 Å². The molecule has 1 aliphatic rings. The number of aromatic nitrogens is 5. The van der Waals surface area contributed by atoms with E-state index in [0.717, 1.165) is 42.7 Å². The summed E-state index contributed by atoms with van der Waals surface area (Å²) < 4.78 is 41.4. The lowest BCUT2D eigenvalue weighted by Crippen LogP contribution is -2.34. The van der Waals surface area contributed by atoms with Crippen molar-refractivity contribution in [2.75, 3.05) is 0 Å². The molecule has 2 heterocycles. The van der Waals surface area contributed by atoms with Crippen LogP contribution in [0.1, 0.15) is 28.9 Å². The summed E-state index contributed by atoms with van der Waals surface area (Å²) in [5.74, 6) is 0. The van der Waals surface area contributed by atoms with E-state index in [2.05, 4.69) is 20.7 Å². The number of nitrogens with one attached hydrogen (secondary N) is 1. The van der Waals surface area contributed by atoms with Crippen LogP contribution in [0.2, 0.25) is 0 Å². The molecule has 1 N–H and O–H groups in total. The third kappa shape index (κ3) is 3.73. The quantitative estimate of drug-likeness (QED) is 0.761. The molecular weight excluding hydrogens is 357 g/mol. The van der Waals surface area contributed by atoms with E-state index in [0.29, 0.717) is 18.3 Å². The molecule has 0 amide bonds. The van der Waals surface area contributed by atoms with Crippen molar-refractivity contribution in [2.24, 2.45) is 7.05 Å². The van der Waals surface area contributed by atoms with Crippen LogP contribution in [0.15, 0.2) is 36.7 Å². The van der Waals surface area contributed by atoms with Gasteiger partial charge in [0.25, 0.3) is 0 Å². The van der Waals surface area contributed by atoms with Crippen LogP contribution in [0, 0.1) is 0 Å². The molecule has 1 atom stereocenters. The first-order chi connectivity index (χ1) is 12.9. The van der Waals surface area contributed by atoms with Gasteiger partial charge in [0.05, 0.1) is 28.8 Å². The monoisotopic (exact) mass is 376 g/mol. The van der Waals surface area contributed by atoms with Gasteiger partial charge in [0.15, 0.2) is 0 Å². The Morgan fingerprint density at radius 1 is 1.22 bits per heavy atom. The average Bonchev–Trinajstić information content (AvgIpc) is 3.26. The SMILES string of the molecule is Cn1nnc2c1CCC(NCc1cnn(-c3ccc(C(F)(F)F)cc3)c1)C2. The summed E-state index contributed by atoms with van der Waals surface area (Å²) in [4.78, 5) is 0. The molecule has 27 heavy (non-hydrogen) atoms. The lowest BCUT2D eigenvalue weighted by Gasteiger charge is -2.22. The van der Waals surface area contributed by atoms with Crippen molar-refractivity contribution in [1.29, 1.82) is 0 Å². The number of aryl methyl sites for hydroxylation is 1.